The van der Waals surface area contributed by atoms with Crippen LogP contribution in [0.1, 0.15) is 16.1 Å². The number of aromatic nitrogens is 1. The van der Waals surface area contributed by atoms with Crippen molar-refractivity contribution in [3.8, 4) is 17.2 Å². The fourth-order valence-corrected chi connectivity index (χ4v) is 3.35. The number of ether oxygens (including phenoxy) is 2. The van der Waals surface area contributed by atoms with Crippen molar-refractivity contribution in [1.82, 2.24) is 4.98 Å². The molecule has 0 aliphatic rings. The molecule has 2 aromatic carbocycles. The van der Waals surface area contributed by atoms with Crippen LogP contribution in [0.3, 0.4) is 0 Å². The van der Waals surface area contributed by atoms with E-state index in [1.165, 1.54) is 19.2 Å². The fourth-order valence-electron chi connectivity index (χ4n) is 3.35. The molecule has 0 spiro atoms. The SMILES string of the molecule is COc1ccc([N+](=O)[O-])cc1NC(=O)COC(=O)c1cc(-c2ccc(C)o2)nc2ccccc12. The number of pyridine rings is 1. The summed E-state index contributed by atoms with van der Waals surface area (Å²) in [6.45, 7) is 1.19. The van der Waals surface area contributed by atoms with Crippen LogP contribution in [0.15, 0.2) is 65.1 Å². The molecule has 4 aromatic rings. The van der Waals surface area contributed by atoms with E-state index in [9.17, 15) is 19.7 Å². The first-order chi connectivity index (χ1) is 16.4. The summed E-state index contributed by atoms with van der Waals surface area (Å²) in [4.78, 5) is 40.3. The Hall–Kier alpha value is -4.73. The van der Waals surface area contributed by atoms with Gasteiger partial charge in [-0.05, 0) is 37.3 Å². The Labute approximate surface area is 193 Å². The highest BCUT2D eigenvalue weighted by Crippen LogP contribution is 2.29. The van der Waals surface area contributed by atoms with E-state index in [4.69, 9.17) is 13.9 Å². The van der Waals surface area contributed by atoms with Gasteiger partial charge in [-0.25, -0.2) is 9.78 Å². The minimum absolute atomic E-state index is 0.0857. The Bertz CT molecular complexity index is 1410. The number of non-ortho nitro benzene ring substituents is 1. The summed E-state index contributed by atoms with van der Waals surface area (Å²) in [6, 6.07) is 15.9. The van der Waals surface area contributed by atoms with Crippen molar-refractivity contribution in [1.29, 1.82) is 0 Å². The van der Waals surface area contributed by atoms with Crippen LogP contribution in [0.4, 0.5) is 11.4 Å². The monoisotopic (exact) mass is 461 g/mol. The van der Waals surface area contributed by atoms with Gasteiger partial charge < -0.3 is 19.2 Å². The summed E-state index contributed by atoms with van der Waals surface area (Å²) in [5.41, 5.74) is 1.09. The van der Waals surface area contributed by atoms with Crippen LogP contribution < -0.4 is 10.1 Å². The van der Waals surface area contributed by atoms with E-state index < -0.39 is 23.4 Å². The fraction of sp³-hybridized carbons (Fsp3) is 0.125. The molecule has 172 valence electrons. The van der Waals surface area contributed by atoms with Gasteiger partial charge in [-0.15, -0.1) is 0 Å². The number of nitro groups is 1. The van der Waals surface area contributed by atoms with Gasteiger partial charge in [-0.3, -0.25) is 14.9 Å². The maximum atomic E-state index is 12.9. The van der Waals surface area contributed by atoms with Crippen LogP contribution in [0, 0.1) is 17.0 Å². The highest BCUT2D eigenvalue weighted by atomic mass is 16.6. The summed E-state index contributed by atoms with van der Waals surface area (Å²) in [5, 5.41) is 14.0. The smallest absolute Gasteiger partial charge is 0.339 e. The molecule has 2 aromatic heterocycles. The number of hydrogen-bond acceptors (Lipinski definition) is 8. The van der Waals surface area contributed by atoms with Crippen LogP contribution in [-0.4, -0.2) is 35.5 Å². The third kappa shape index (κ3) is 4.70. The summed E-state index contributed by atoms with van der Waals surface area (Å²) < 4.78 is 16.0. The van der Waals surface area contributed by atoms with Crippen molar-refractivity contribution in [3.63, 3.8) is 0 Å². The zero-order valence-corrected chi connectivity index (χ0v) is 18.2. The van der Waals surface area contributed by atoms with Crippen LogP contribution >= 0.6 is 0 Å². The predicted molar refractivity (Wildman–Crippen MR) is 123 cm³/mol. The number of esters is 1. The van der Waals surface area contributed by atoms with E-state index in [2.05, 4.69) is 10.3 Å². The second kappa shape index (κ2) is 9.41. The molecule has 10 heteroatoms. The van der Waals surface area contributed by atoms with Gasteiger partial charge in [0.05, 0.1) is 28.8 Å². The second-order valence-electron chi connectivity index (χ2n) is 7.25. The van der Waals surface area contributed by atoms with E-state index in [0.29, 0.717) is 28.1 Å². The average Bonchev–Trinajstić information content (AvgIpc) is 3.28. The van der Waals surface area contributed by atoms with Crippen molar-refractivity contribution in [2.45, 2.75) is 6.92 Å². The van der Waals surface area contributed by atoms with Crippen LogP contribution in [0.2, 0.25) is 0 Å². The summed E-state index contributed by atoms with van der Waals surface area (Å²) in [7, 11) is 1.36. The lowest BCUT2D eigenvalue weighted by atomic mass is 10.1. The molecular weight excluding hydrogens is 442 g/mol. The molecule has 0 saturated carbocycles. The Balaban J connectivity index is 1.54. The number of furan rings is 1. The van der Waals surface area contributed by atoms with Crippen LogP contribution in [-0.2, 0) is 9.53 Å². The number of hydrogen-bond donors (Lipinski definition) is 1. The topological polar surface area (TPSA) is 134 Å². The molecule has 4 rings (SSSR count). The van der Waals surface area contributed by atoms with E-state index in [1.54, 1.807) is 49.4 Å². The van der Waals surface area contributed by atoms with Crippen molar-refractivity contribution >= 4 is 34.2 Å². The van der Waals surface area contributed by atoms with Gasteiger partial charge in [0, 0.05) is 17.5 Å². The van der Waals surface area contributed by atoms with Crippen molar-refractivity contribution in [2.24, 2.45) is 0 Å². The molecule has 0 fully saturated rings. The number of amides is 1. The molecule has 0 bridgehead atoms. The number of fused-ring (bicyclic) bond motifs is 1. The van der Waals surface area contributed by atoms with Gasteiger partial charge in [0.1, 0.15) is 17.2 Å². The maximum absolute atomic E-state index is 12.9. The number of nitrogens with zero attached hydrogens (tertiary/aromatic N) is 2. The Morgan fingerprint density at radius 3 is 2.62 bits per heavy atom. The number of benzene rings is 2. The quantitative estimate of drug-likeness (QED) is 0.241. The lowest BCUT2D eigenvalue weighted by Gasteiger charge is -2.11. The molecule has 0 radical (unpaired) electrons. The van der Waals surface area contributed by atoms with Gasteiger partial charge in [-0.2, -0.15) is 0 Å². The van der Waals surface area contributed by atoms with Gasteiger partial charge in [-0.1, -0.05) is 18.2 Å². The maximum Gasteiger partial charge on any atom is 0.339 e. The minimum Gasteiger partial charge on any atom is -0.495 e. The lowest BCUT2D eigenvalue weighted by molar-refractivity contribution is -0.384. The first-order valence-corrected chi connectivity index (χ1v) is 10.1. The summed E-state index contributed by atoms with van der Waals surface area (Å²) in [5.74, 6) is -0.00406. The van der Waals surface area contributed by atoms with Gasteiger partial charge in [0.15, 0.2) is 12.4 Å². The molecule has 0 atom stereocenters. The van der Waals surface area contributed by atoms with Crippen LogP contribution in [0.25, 0.3) is 22.4 Å². The number of methoxy groups -OCH3 is 1. The predicted octanol–water partition coefficient (Wildman–Crippen LogP) is 4.52. The zero-order chi connectivity index (χ0) is 24.2. The second-order valence-corrected chi connectivity index (χ2v) is 7.25. The molecular formula is C24H19N3O7. The Kier molecular flexibility index (Phi) is 6.22. The number of carbonyl (C=O) groups is 2. The standard InChI is InChI=1S/C24H19N3O7/c1-14-7-9-22(34-14)20-12-17(16-5-3-4-6-18(16)25-20)24(29)33-13-23(28)26-19-11-15(27(30)31)8-10-21(19)32-2/h3-12H,13H2,1-2H3,(H,26,28). The van der Waals surface area contributed by atoms with Gasteiger partial charge >= 0.3 is 5.97 Å². The molecule has 0 unspecified atom stereocenters. The largest absolute Gasteiger partial charge is 0.495 e. The molecule has 2 heterocycles. The van der Waals surface area contributed by atoms with E-state index in [0.717, 1.165) is 6.07 Å². The van der Waals surface area contributed by atoms with E-state index in [1.807, 2.05) is 0 Å². The third-order valence-electron chi connectivity index (χ3n) is 4.93. The Morgan fingerprint density at radius 1 is 1.12 bits per heavy atom. The van der Waals surface area contributed by atoms with E-state index in [-0.39, 0.29) is 22.7 Å². The van der Waals surface area contributed by atoms with Crippen molar-refractivity contribution in [2.75, 3.05) is 19.0 Å². The third-order valence-corrected chi connectivity index (χ3v) is 4.93. The molecule has 10 nitrogen and oxygen atoms in total. The molecule has 1 N–H and O–H groups in total. The average molecular weight is 461 g/mol. The number of para-hydroxylation sites is 1. The van der Waals surface area contributed by atoms with Crippen LogP contribution in [0.5, 0.6) is 5.75 Å². The van der Waals surface area contributed by atoms with Gasteiger partial charge in [0.25, 0.3) is 11.6 Å². The molecule has 0 aliphatic carbocycles. The van der Waals surface area contributed by atoms with Crippen molar-refractivity contribution in [3.05, 3.63) is 82.1 Å². The molecule has 1 amide bonds. The minimum atomic E-state index is -0.732. The number of anilines is 1. The zero-order valence-electron chi connectivity index (χ0n) is 18.2. The molecule has 0 aliphatic heterocycles. The number of rotatable bonds is 7. The first-order valence-electron chi connectivity index (χ1n) is 10.1. The highest BCUT2D eigenvalue weighted by Gasteiger charge is 2.19. The number of carbonyl (C=O) groups excluding carboxylic acids is 2. The summed E-state index contributed by atoms with van der Waals surface area (Å²) in [6.07, 6.45) is 0. The number of nitrogens with one attached hydrogen (secondary N) is 1. The summed E-state index contributed by atoms with van der Waals surface area (Å²) >= 11 is 0. The molecule has 34 heavy (non-hydrogen) atoms. The normalized spacial score (nSPS) is 10.6. The molecule has 0 saturated heterocycles. The van der Waals surface area contributed by atoms with Crippen molar-refractivity contribution < 1.29 is 28.4 Å². The number of aryl methyl sites for hydroxylation is 1. The highest BCUT2D eigenvalue weighted by molar-refractivity contribution is 6.05. The Morgan fingerprint density at radius 2 is 1.91 bits per heavy atom. The van der Waals surface area contributed by atoms with Gasteiger partial charge in [0.2, 0.25) is 0 Å². The lowest BCUT2D eigenvalue weighted by Crippen LogP contribution is -2.21. The van der Waals surface area contributed by atoms with E-state index >= 15 is 0 Å². The number of nitro benzene ring substituents is 1. The first kappa shape index (κ1) is 22.5.